The SMILES string of the molecule is CCCCN(C)S(=O)(=O)N1CCN(S(=O)(=O)c2cccnc2)CC1. The van der Waals surface area contributed by atoms with E-state index in [4.69, 9.17) is 0 Å². The average molecular weight is 377 g/mol. The number of pyridine rings is 1. The third kappa shape index (κ3) is 4.12. The quantitative estimate of drug-likeness (QED) is 0.685. The minimum Gasteiger partial charge on any atom is -0.263 e. The van der Waals surface area contributed by atoms with Gasteiger partial charge in [-0.3, -0.25) is 4.98 Å². The first-order valence-corrected chi connectivity index (χ1v) is 10.8. The first-order valence-electron chi connectivity index (χ1n) is 7.91. The third-order valence-electron chi connectivity index (χ3n) is 4.02. The second-order valence-electron chi connectivity index (χ2n) is 5.67. The van der Waals surface area contributed by atoms with Crippen LogP contribution in [0.15, 0.2) is 29.4 Å². The fourth-order valence-electron chi connectivity index (χ4n) is 2.48. The van der Waals surface area contributed by atoms with Gasteiger partial charge in [0.1, 0.15) is 4.90 Å². The van der Waals surface area contributed by atoms with Crippen molar-refractivity contribution in [1.82, 2.24) is 17.9 Å². The van der Waals surface area contributed by atoms with Gasteiger partial charge in [-0.25, -0.2) is 8.42 Å². The zero-order valence-electron chi connectivity index (χ0n) is 14.0. The third-order valence-corrected chi connectivity index (χ3v) is 7.89. The standard InChI is InChI=1S/C14H24N4O4S2/c1-3-4-8-16(2)24(21,22)18-11-9-17(10-12-18)23(19,20)14-6-5-7-15-13-14/h5-7,13H,3-4,8-12H2,1-2H3. The van der Waals surface area contributed by atoms with Crippen molar-refractivity contribution in [2.45, 2.75) is 24.7 Å². The Hall–Kier alpha value is -1.07. The molecule has 8 nitrogen and oxygen atoms in total. The van der Waals surface area contributed by atoms with E-state index < -0.39 is 20.2 Å². The summed E-state index contributed by atoms with van der Waals surface area (Å²) in [5.41, 5.74) is 0. The molecule has 1 aliphatic heterocycles. The predicted octanol–water partition coefficient (Wildman–Crippen LogP) is 0.365. The van der Waals surface area contributed by atoms with E-state index in [1.165, 1.54) is 31.4 Å². The minimum absolute atomic E-state index is 0.126. The molecule has 0 aliphatic carbocycles. The van der Waals surface area contributed by atoms with Gasteiger partial charge in [-0.2, -0.15) is 21.3 Å². The molecule has 0 atom stereocenters. The highest BCUT2D eigenvalue weighted by molar-refractivity contribution is 7.89. The smallest absolute Gasteiger partial charge is 0.263 e. The molecule has 2 rings (SSSR count). The first-order chi connectivity index (χ1) is 11.3. The number of aromatic nitrogens is 1. The number of rotatable bonds is 7. The van der Waals surface area contributed by atoms with E-state index in [9.17, 15) is 16.8 Å². The van der Waals surface area contributed by atoms with Gasteiger partial charge in [0.2, 0.25) is 10.0 Å². The fraction of sp³-hybridized carbons (Fsp3) is 0.643. The molecule has 0 unspecified atom stereocenters. The number of piperazine rings is 1. The highest BCUT2D eigenvalue weighted by Crippen LogP contribution is 2.18. The van der Waals surface area contributed by atoms with E-state index >= 15 is 0 Å². The molecular weight excluding hydrogens is 352 g/mol. The van der Waals surface area contributed by atoms with Crippen molar-refractivity contribution in [3.8, 4) is 0 Å². The molecule has 10 heteroatoms. The number of sulfonamides is 1. The van der Waals surface area contributed by atoms with E-state index in [0.717, 1.165) is 12.8 Å². The van der Waals surface area contributed by atoms with E-state index in [0.29, 0.717) is 6.54 Å². The van der Waals surface area contributed by atoms with Gasteiger partial charge in [0.25, 0.3) is 10.2 Å². The number of hydrogen-bond acceptors (Lipinski definition) is 5. The van der Waals surface area contributed by atoms with E-state index in [1.807, 2.05) is 6.92 Å². The van der Waals surface area contributed by atoms with Crippen molar-refractivity contribution in [3.05, 3.63) is 24.5 Å². The summed E-state index contributed by atoms with van der Waals surface area (Å²) in [6.07, 6.45) is 4.52. The van der Waals surface area contributed by atoms with Gasteiger partial charge in [-0.1, -0.05) is 13.3 Å². The van der Waals surface area contributed by atoms with Crippen LogP contribution in [0.1, 0.15) is 19.8 Å². The summed E-state index contributed by atoms with van der Waals surface area (Å²) in [6, 6.07) is 3.06. The van der Waals surface area contributed by atoms with Gasteiger partial charge >= 0.3 is 0 Å². The minimum atomic E-state index is -3.63. The molecule has 0 bridgehead atoms. The second-order valence-corrected chi connectivity index (χ2v) is 9.65. The molecule has 24 heavy (non-hydrogen) atoms. The van der Waals surface area contributed by atoms with Crippen molar-refractivity contribution in [3.63, 3.8) is 0 Å². The summed E-state index contributed by atoms with van der Waals surface area (Å²) in [5.74, 6) is 0. The lowest BCUT2D eigenvalue weighted by Crippen LogP contribution is -2.53. The van der Waals surface area contributed by atoms with Gasteiger partial charge in [0, 0.05) is 52.2 Å². The van der Waals surface area contributed by atoms with Crippen LogP contribution in [0.4, 0.5) is 0 Å². The highest BCUT2D eigenvalue weighted by Gasteiger charge is 2.34. The molecule has 0 aromatic carbocycles. The molecule has 0 N–H and O–H groups in total. The zero-order valence-corrected chi connectivity index (χ0v) is 15.6. The van der Waals surface area contributed by atoms with Crippen LogP contribution < -0.4 is 0 Å². The van der Waals surface area contributed by atoms with Gasteiger partial charge in [0.15, 0.2) is 0 Å². The van der Waals surface area contributed by atoms with Crippen LogP contribution in [-0.4, -0.2) is 74.5 Å². The summed E-state index contributed by atoms with van der Waals surface area (Å²) < 4.78 is 54.0. The summed E-state index contributed by atoms with van der Waals surface area (Å²) in [7, 11) is -5.61. The van der Waals surface area contributed by atoms with E-state index in [1.54, 1.807) is 13.1 Å². The van der Waals surface area contributed by atoms with E-state index in [-0.39, 0.29) is 31.1 Å². The van der Waals surface area contributed by atoms with Gasteiger partial charge in [-0.05, 0) is 18.6 Å². The van der Waals surface area contributed by atoms with Crippen LogP contribution >= 0.6 is 0 Å². The Morgan fingerprint density at radius 3 is 2.29 bits per heavy atom. The summed E-state index contributed by atoms with van der Waals surface area (Å²) in [5, 5.41) is 0. The topological polar surface area (TPSA) is 90.9 Å². The van der Waals surface area contributed by atoms with Crippen LogP contribution in [0.5, 0.6) is 0 Å². The molecule has 1 aromatic heterocycles. The predicted molar refractivity (Wildman–Crippen MR) is 91.0 cm³/mol. The number of nitrogens with zero attached hydrogens (tertiary/aromatic N) is 4. The molecule has 2 heterocycles. The summed E-state index contributed by atoms with van der Waals surface area (Å²) >= 11 is 0. The van der Waals surface area contributed by atoms with Crippen LogP contribution in [0.3, 0.4) is 0 Å². The molecule has 0 amide bonds. The molecule has 136 valence electrons. The van der Waals surface area contributed by atoms with Gasteiger partial charge in [-0.15, -0.1) is 0 Å². The normalized spacial score (nSPS) is 18.1. The molecular formula is C14H24N4O4S2. The Kier molecular flexibility index (Phi) is 6.32. The Bertz CT molecular complexity index is 729. The Morgan fingerprint density at radius 2 is 1.75 bits per heavy atom. The lowest BCUT2D eigenvalue weighted by atomic mass is 10.3. The highest BCUT2D eigenvalue weighted by atomic mass is 32.2. The Balaban J connectivity index is 2.03. The largest absolute Gasteiger partial charge is 0.281 e. The van der Waals surface area contributed by atoms with Crippen LogP contribution in [-0.2, 0) is 20.2 Å². The van der Waals surface area contributed by atoms with E-state index in [2.05, 4.69) is 4.98 Å². The maximum Gasteiger partial charge on any atom is 0.281 e. The molecule has 1 aliphatic rings. The summed E-state index contributed by atoms with van der Waals surface area (Å²) in [4.78, 5) is 3.96. The fourth-order valence-corrected chi connectivity index (χ4v) is 5.25. The number of hydrogen-bond donors (Lipinski definition) is 0. The van der Waals surface area contributed by atoms with Crippen molar-refractivity contribution < 1.29 is 16.8 Å². The van der Waals surface area contributed by atoms with Gasteiger partial charge < -0.3 is 0 Å². The lowest BCUT2D eigenvalue weighted by Gasteiger charge is -2.35. The zero-order chi connectivity index (χ0) is 17.8. The van der Waals surface area contributed by atoms with Crippen molar-refractivity contribution >= 4 is 20.2 Å². The van der Waals surface area contributed by atoms with Crippen molar-refractivity contribution in [2.24, 2.45) is 0 Å². The van der Waals surface area contributed by atoms with Crippen LogP contribution in [0.25, 0.3) is 0 Å². The van der Waals surface area contributed by atoms with Crippen LogP contribution in [0, 0.1) is 0 Å². The monoisotopic (exact) mass is 376 g/mol. The average Bonchev–Trinajstić information content (AvgIpc) is 2.60. The molecule has 0 saturated carbocycles. The van der Waals surface area contributed by atoms with Gasteiger partial charge in [0.05, 0.1) is 0 Å². The lowest BCUT2D eigenvalue weighted by molar-refractivity contribution is 0.258. The maximum atomic E-state index is 12.5. The van der Waals surface area contributed by atoms with Crippen LogP contribution in [0.2, 0.25) is 0 Å². The summed E-state index contributed by atoms with van der Waals surface area (Å²) in [6.45, 7) is 3.04. The number of unbranched alkanes of at least 4 members (excludes halogenated alkanes) is 1. The van der Waals surface area contributed by atoms with Crippen molar-refractivity contribution in [2.75, 3.05) is 39.8 Å². The first kappa shape index (κ1) is 19.3. The Morgan fingerprint density at radius 1 is 1.12 bits per heavy atom. The molecule has 0 radical (unpaired) electrons. The second kappa shape index (κ2) is 7.87. The Labute approximate surface area is 144 Å². The molecule has 0 spiro atoms. The molecule has 1 fully saturated rings. The molecule has 1 saturated heterocycles. The van der Waals surface area contributed by atoms with Crippen molar-refractivity contribution in [1.29, 1.82) is 0 Å². The molecule has 1 aromatic rings. The maximum absolute atomic E-state index is 12.5.